The summed E-state index contributed by atoms with van der Waals surface area (Å²) in [5.74, 6) is 0. The molecule has 0 bridgehead atoms. The molecule has 2 heteroatoms. The van der Waals surface area contributed by atoms with E-state index < -0.39 is 5.41 Å². The van der Waals surface area contributed by atoms with Crippen LogP contribution in [-0.4, -0.2) is 0 Å². The molecule has 2 nitrogen and oxygen atoms in total. The molecule has 0 saturated heterocycles. The third-order valence-electron chi connectivity index (χ3n) is 13.8. The molecule has 9 aromatic carbocycles. The van der Waals surface area contributed by atoms with Crippen LogP contribution in [0.4, 0.5) is 17.1 Å². The average Bonchev–Trinajstić information content (AvgIpc) is 3.91. The number of furan rings is 1. The van der Waals surface area contributed by atoms with E-state index in [9.17, 15) is 0 Å². The van der Waals surface area contributed by atoms with Crippen molar-refractivity contribution in [2.45, 2.75) is 31.6 Å². The van der Waals surface area contributed by atoms with Crippen molar-refractivity contribution in [1.29, 1.82) is 0 Å². The maximum absolute atomic E-state index is 7.33. The number of benzene rings is 9. The molecule has 10 aromatic rings. The maximum Gasteiger partial charge on any atom is 0.159 e. The zero-order chi connectivity index (χ0) is 40.9. The van der Waals surface area contributed by atoms with Gasteiger partial charge in [-0.1, -0.05) is 190 Å². The molecule has 1 aromatic heterocycles. The van der Waals surface area contributed by atoms with Gasteiger partial charge in [-0.2, -0.15) is 0 Å². The van der Waals surface area contributed by atoms with Gasteiger partial charge in [0.05, 0.1) is 5.69 Å². The number of hydrogen-bond acceptors (Lipinski definition) is 2. The third kappa shape index (κ3) is 5.22. The van der Waals surface area contributed by atoms with E-state index in [-0.39, 0.29) is 5.41 Å². The topological polar surface area (TPSA) is 16.4 Å². The zero-order valence-electron chi connectivity index (χ0n) is 34.5. The molecule has 0 aliphatic heterocycles. The van der Waals surface area contributed by atoms with Crippen LogP contribution in [0.15, 0.2) is 211 Å². The molecule has 2 aliphatic rings. The van der Waals surface area contributed by atoms with Crippen LogP contribution in [-0.2, 0) is 10.8 Å². The molecular formula is C59H43NO. The van der Waals surface area contributed by atoms with Crippen molar-refractivity contribution in [3.05, 3.63) is 234 Å². The van der Waals surface area contributed by atoms with Crippen LogP contribution in [0.5, 0.6) is 0 Å². The molecule has 61 heavy (non-hydrogen) atoms. The van der Waals surface area contributed by atoms with Crippen LogP contribution < -0.4 is 4.90 Å². The molecule has 1 heterocycles. The first-order chi connectivity index (χ1) is 29.9. The zero-order valence-corrected chi connectivity index (χ0v) is 34.5. The van der Waals surface area contributed by atoms with Gasteiger partial charge in [0.25, 0.3) is 0 Å². The SMILES string of the molecule is CC1(C)c2ccccc2-c2ccc(N(c3ccc(-c4ccc(-c5ccccc5)cc4)cc3)c3cccc4c3oc3c(C5(C)c6ccccc6-c6ccccc65)cccc34)cc21. The molecule has 0 spiro atoms. The van der Waals surface area contributed by atoms with E-state index in [1.165, 1.54) is 72.3 Å². The minimum Gasteiger partial charge on any atom is -0.454 e. The second kappa shape index (κ2) is 13.3. The highest BCUT2D eigenvalue weighted by Gasteiger charge is 2.42. The highest BCUT2D eigenvalue weighted by Crippen LogP contribution is 2.55. The summed E-state index contributed by atoms with van der Waals surface area (Å²) >= 11 is 0. The molecule has 0 amide bonds. The molecule has 0 N–H and O–H groups in total. The van der Waals surface area contributed by atoms with E-state index in [4.69, 9.17) is 4.42 Å². The summed E-state index contributed by atoms with van der Waals surface area (Å²) in [5.41, 5.74) is 20.9. The molecule has 0 fully saturated rings. The van der Waals surface area contributed by atoms with E-state index in [1.807, 2.05) is 0 Å². The van der Waals surface area contributed by atoms with Crippen molar-refractivity contribution in [3.8, 4) is 44.5 Å². The summed E-state index contributed by atoms with van der Waals surface area (Å²) in [5, 5.41) is 2.23. The van der Waals surface area contributed by atoms with Gasteiger partial charge in [-0.15, -0.1) is 0 Å². The van der Waals surface area contributed by atoms with E-state index >= 15 is 0 Å². The Hall–Kier alpha value is -7.42. The predicted octanol–water partition coefficient (Wildman–Crippen LogP) is 16.0. The monoisotopic (exact) mass is 781 g/mol. The molecule has 12 rings (SSSR count). The van der Waals surface area contributed by atoms with Gasteiger partial charge in [-0.3, -0.25) is 0 Å². The van der Waals surface area contributed by atoms with Crippen molar-refractivity contribution in [2.75, 3.05) is 4.90 Å². The number of fused-ring (bicyclic) bond motifs is 9. The van der Waals surface area contributed by atoms with Gasteiger partial charge in [-0.05, 0) is 104 Å². The maximum atomic E-state index is 7.33. The number of para-hydroxylation sites is 2. The molecule has 0 saturated carbocycles. The lowest BCUT2D eigenvalue weighted by atomic mass is 9.74. The quantitative estimate of drug-likeness (QED) is 0.167. The van der Waals surface area contributed by atoms with Crippen molar-refractivity contribution < 1.29 is 4.42 Å². The van der Waals surface area contributed by atoms with Crippen LogP contribution in [0, 0.1) is 0 Å². The lowest BCUT2D eigenvalue weighted by molar-refractivity contribution is 0.638. The van der Waals surface area contributed by atoms with Crippen LogP contribution >= 0.6 is 0 Å². The third-order valence-corrected chi connectivity index (χ3v) is 13.8. The van der Waals surface area contributed by atoms with Crippen LogP contribution in [0.25, 0.3) is 66.4 Å². The van der Waals surface area contributed by atoms with E-state index in [2.05, 4.69) is 232 Å². The molecule has 2 aliphatic carbocycles. The van der Waals surface area contributed by atoms with Gasteiger partial charge >= 0.3 is 0 Å². The second-order valence-corrected chi connectivity index (χ2v) is 17.4. The summed E-state index contributed by atoms with van der Waals surface area (Å²) in [6, 6.07) is 75.4. The Morgan fingerprint density at radius 2 is 0.803 bits per heavy atom. The van der Waals surface area contributed by atoms with Crippen molar-refractivity contribution in [1.82, 2.24) is 0 Å². The van der Waals surface area contributed by atoms with Gasteiger partial charge in [0.15, 0.2) is 5.58 Å². The molecule has 290 valence electrons. The Bertz CT molecular complexity index is 3290. The van der Waals surface area contributed by atoms with Gasteiger partial charge in [0, 0.05) is 38.5 Å². The molecular weight excluding hydrogens is 739 g/mol. The van der Waals surface area contributed by atoms with Gasteiger partial charge < -0.3 is 9.32 Å². The van der Waals surface area contributed by atoms with Crippen LogP contribution in [0.3, 0.4) is 0 Å². The lowest BCUT2D eigenvalue weighted by Gasteiger charge is -2.28. The number of anilines is 3. The summed E-state index contributed by atoms with van der Waals surface area (Å²) < 4.78 is 7.33. The number of nitrogens with zero attached hydrogens (tertiary/aromatic N) is 1. The minimum atomic E-state index is -0.393. The standard InChI is InChI=1S/C59H43NO/c1-58(2)50-22-10-7-17-44(50)47-36-35-43(37-54(47)58)60(42-33-31-41(32-34-42)40-29-27-39(28-30-40)38-15-5-4-6-16-38)55-26-14-21-49-48-20-13-25-53(56(48)61-57(49)55)59(3)51-23-11-8-18-45(51)46-19-9-12-24-52(46)59/h4-37H,1-3H3. The Morgan fingerprint density at radius 1 is 0.344 bits per heavy atom. The first-order valence-electron chi connectivity index (χ1n) is 21.3. The van der Waals surface area contributed by atoms with Crippen molar-refractivity contribution in [2.24, 2.45) is 0 Å². The lowest BCUT2D eigenvalue weighted by Crippen LogP contribution is -2.22. The van der Waals surface area contributed by atoms with Crippen LogP contribution in [0.1, 0.15) is 48.6 Å². The first-order valence-corrected chi connectivity index (χ1v) is 21.3. The van der Waals surface area contributed by atoms with Crippen molar-refractivity contribution in [3.63, 3.8) is 0 Å². The van der Waals surface area contributed by atoms with Crippen LogP contribution in [0.2, 0.25) is 0 Å². The second-order valence-electron chi connectivity index (χ2n) is 17.4. The smallest absolute Gasteiger partial charge is 0.159 e. The molecule has 0 unspecified atom stereocenters. The fourth-order valence-corrected chi connectivity index (χ4v) is 10.7. The summed E-state index contributed by atoms with van der Waals surface area (Å²) in [6.07, 6.45) is 0. The normalized spacial score (nSPS) is 14.1. The predicted molar refractivity (Wildman–Crippen MR) is 254 cm³/mol. The Labute approximate surface area is 357 Å². The van der Waals surface area contributed by atoms with Gasteiger partial charge in [-0.25, -0.2) is 0 Å². The number of hydrogen-bond donors (Lipinski definition) is 0. The number of rotatable bonds is 6. The minimum absolute atomic E-state index is 0.146. The van der Waals surface area contributed by atoms with E-state index in [0.29, 0.717) is 0 Å². The van der Waals surface area contributed by atoms with Crippen molar-refractivity contribution >= 4 is 39.0 Å². The fraction of sp³-hybridized carbons (Fsp3) is 0.0847. The van der Waals surface area contributed by atoms with E-state index in [1.54, 1.807) is 0 Å². The molecule has 0 radical (unpaired) electrons. The largest absolute Gasteiger partial charge is 0.454 e. The highest BCUT2D eigenvalue weighted by atomic mass is 16.3. The average molecular weight is 782 g/mol. The van der Waals surface area contributed by atoms with E-state index in [0.717, 1.165) is 39.0 Å². The molecule has 0 atom stereocenters. The Morgan fingerprint density at radius 3 is 1.44 bits per heavy atom. The summed E-state index contributed by atoms with van der Waals surface area (Å²) in [6.45, 7) is 7.07. The highest BCUT2D eigenvalue weighted by molar-refractivity contribution is 6.12. The summed E-state index contributed by atoms with van der Waals surface area (Å²) in [7, 11) is 0. The first kappa shape index (κ1) is 35.5. The fourth-order valence-electron chi connectivity index (χ4n) is 10.7. The Balaban J connectivity index is 1.03. The van der Waals surface area contributed by atoms with Gasteiger partial charge in [0.1, 0.15) is 5.58 Å². The van der Waals surface area contributed by atoms with Gasteiger partial charge in [0.2, 0.25) is 0 Å². The summed E-state index contributed by atoms with van der Waals surface area (Å²) in [4.78, 5) is 2.40. The Kier molecular flexibility index (Phi) is 7.74.